The fourth-order valence-electron chi connectivity index (χ4n) is 3.94. The van der Waals surface area contributed by atoms with E-state index in [1.807, 2.05) is 0 Å². The van der Waals surface area contributed by atoms with Crippen molar-refractivity contribution < 1.29 is 13.9 Å². The molecule has 5 rings (SSSR count). The molecular formula is C21H19F2N5OS. The summed E-state index contributed by atoms with van der Waals surface area (Å²) in [4.78, 5) is 10.00. The van der Waals surface area contributed by atoms with Gasteiger partial charge in [0.05, 0.1) is 10.9 Å². The summed E-state index contributed by atoms with van der Waals surface area (Å²) in [6, 6.07) is 12.6. The van der Waals surface area contributed by atoms with Gasteiger partial charge in [-0.15, -0.1) is 0 Å². The largest absolute Gasteiger partial charge is 0.492 e. The monoisotopic (exact) mass is 427 g/mol. The molecule has 1 N–H and O–H groups in total. The van der Waals surface area contributed by atoms with Crippen molar-refractivity contribution >= 4 is 22.0 Å². The Labute approximate surface area is 175 Å². The first-order valence-electron chi connectivity index (χ1n) is 9.61. The van der Waals surface area contributed by atoms with Crippen LogP contribution in [0.4, 0.5) is 14.5 Å². The minimum atomic E-state index is -0.300. The van der Waals surface area contributed by atoms with E-state index in [9.17, 15) is 13.9 Å². The maximum Gasteiger partial charge on any atom is 0.230 e. The lowest BCUT2D eigenvalue weighted by Crippen LogP contribution is -2.47. The van der Waals surface area contributed by atoms with Crippen LogP contribution in [-0.2, 0) is 0 Å². The van der Waals surface area contributed by atoms with Crippen LogP contribution in [0.2, 0.25) is 0 Å². The lowest BCUT2D eigenvalue weighted by atomic mass is 10.0. The molecule has 2 aromatic heterocycles. The molecule has 0 amide bonds. The quantitative estimate of drug-likeness (QED) is 0.538. The van der Waals surface area contributed by atoms with Gasteiger partial charge in [-0.1, -0.05) is 23.5 Å². The molecule has 1 aliphatic rings. The van der Waals surface area contributed by atoms with Crippen molar-refractivity contribution in [2.24, 2.45) is 0 Å². The van der Waals surface area contributed by atoms with Gasteiger partial charge in [-0.3, -0.25) is 4.90 Å². The van der Waals surface area contributed by atoms with Crippen molar-refractivity contribution in [1.29, 1.82) is 0 Å². The topological polar surface area (TPSA) is 56.9 Å². The Morgan fingerprint density at radius 3 is 2.17 bits per heavy atom. The first kappa shape index (κ1) is 19.0. The minimum absolute atomic E-state index is 0.0581. The number of benzene rings is 2. The Bertz CT molecular complexity index is 1150. The maximum atomic E-state index is 13.5. The Morgan fingerprint density at radius 2 is 1.53 bits per heavy atom. The standard InChI is InChI=1S/C21H19F2N5OS/c22-15-3-1-14(2-4-15)18(19-20(29)28-21(30-19)24-13-25-28)27-11-9-26(10-12-27)17-7-5-16(23)6-8-17/h1-8,13,18,29H,9-12H2/t18-/m0/s1. The van der Waals surface area contributed by atoms with Crippen LogP contribution in [0.25, 0.3) is 4.96 Å². The highest BCUT2D eigenvalue weighted by Crippen LogP contribution is 2.40. The summed E-state index contributed by atoms with van der Waals surface area (Å²) in [5.41, 5.74) is 1.88. The van der Waals surface area contributed by atoms with Crippen LogP contribution in [-0.4, -0.2) is 50.8 Å². The fourth-order valence-corrected chi connectivity index (χ4v) is 5.03. The van der Waals surface area contributed by atoms with E-state index in [1.54, 1.807) is 24.3 Å². The molecule has 154 valence electrons. The summed E-state index contributed by atoms with van der Waals surface area (Å²) in [6.07, 6.45) is 1.41. The van der Waals surface area contributed by atoms with E-state index in [1.165, 1.54) is 46.4 Å². The van der Waals surface area contributed by atoms with Crippen LogP contribution >= 0.6 is 11.3 Å². The van der Waals surface area contributed by atoms with Crippen LogP contribution in [0.15, 0.2) is 54.9 Å². The van der Waals surface area contributed by atoms with Crippen molar-refractivity contribution in [3.63, 3.8) is 0 Å². The van der Waals surface area contributed by atoms with E-state index in [4.69, 9.17) is 0 Å². The summed E-state index contributed by atoms with van der Waals surface area (Å²) in [5.74, 6) is -0.492. The molecule has 1 atom stereocenters. The van der Waals surface area contributed by atoms with E-state index >= 15 is 0 Å². The first-order chi connectivity index (χ1) is 14.6. The van der Waals surface area contributed by atoms with E-state index in [2.05, 4.69) is 19.9 Å². The molecule has 3 heterocycles. The van der Waals surface area contributed by atoms with Crippen molar-refractivity contribution in [2.45, 2.75) is 6.04 Å². The highest BCUT2D eigenvalue weighted by atomic mass is 32.1. The molecule has 1 fully saturated rings. The molecule has 0 bridgehead atoms. The van der Waals surface area contributed by atoms with Gasteiger partial charge in [0.15, 0.2) is 0 Å². The zero-order valence-electron chi connectivity index (χ0n) is 15.9. The lowest BCUT2D eigenvalue weighted by Gasteiger charge is -2.40. The lowest BCUT2D eigenvalue weighted by molar-refractivity contribution is 0.211. The second-order valence-electron chi connectivity index (χ2n) is 7.20. The van der Waals surface area contributed by atoms with Gasteiger partial charge < -0.3 is 10.0 Å². The third-order valence-electron chi connectivity index (χ3n) is 5.44. The third kappa shape index (κ3) is 3.40. The molecule has 4 aromatic rings. The van der Waals surface area contributed by atoms with Gasteiger partial charge in [-0.05, 0) is 42.0 Å². The molecule has 0 aliphatic carbocycles. The summed E-state index contributed by atoms with van der Waals surface area (Å²) >= 11 is 1.38. The molecule has 0 radical (unpaired) electrons. The summed E-state index contributed by atoms with van der Waals surface area (Å²) in [5, 5.41) is 14.9. The van der Waals surface area contributed by atoms with Gasteiger partial charge in [-0.2, -0.15) is 9.61 Å². The molecule has 0 spiro atoms. The predicted molar refractivity (Wildman–Crippen MR) is 111 cm³/mol. The van der Waals surface area contributed by atoms with Gasteiger partial charge in [0, 0.05) is 31.9 Å². The highest BCUT2D eigenvalue weighted by Gasteiger charge is 2.31. The predicted octanol–water partition coefficient (Wildman–Crippen LogP) is 3.69. The van der Waals surface area contributed by atoms with E-state index in [0.717, 1.165) is 42.3 Å². The van der Waals surface area contributed by atoms with Crippen LogP contribution in [0.5, 0.6) is 5.88 Å². The molecule has 9 heteroatoms. The molecule has 1 saturated heterocycles. The number of hydrogen-bond donors (Lipinski definition) is 1. The zero-order chi connectivity index (χ0) is 20.7. The molecule has 2 aromatic carbocycles. The molecule has 0 saturated carbocycles. The van der Waals surface area contributed by atoms with Crippen molar-refractivity contribution in [3.8, 4) is 5.88 Å². The SMILES string of the molecule is Oc1c([C@H](c2ccc(F)cc2)N2CCN(c3ccc(F)cc3)CC2)sc2ncnn12. The molecule has 1 aliphatic heterocycles. The second-order valence-corrected chi connectivity index (χ2v) is 8.21. The van der Waals surface area contributed by atoms with Gasteiger partial charge >= 0.3 is 0 Å². The average molecular weight is 427 g/mol. The number of aromatic hydroxyl groups is 1. The summed E-state index contributed by atoms with van der Waals surface area (Å²) < 4.78 is 28.2. The van der Waals surface area contributed by atoms with Gasteiger partial charge in [0.25, 0.3) is 0 Å². The van der Waals surface area contributed by atoms with E-state index < -0.39 is 0 Å². The minimum Gasteiger partial charge on any atom is -0.492 e. The molecule has 0 unspecified atom stereocenters. The second kappa shape index (κ2) is 7.66. The third-order valence-corrected chi connectivity index (χ3v) is 6.53. The number of hydrogen-bond acceptors (Lipinski definition) is 6. The average Bonchev–Trinajstić information content (AvgIpc) is 3.34. The molecule has 30 heavy (non-hydrogen) atoms. The number of halogens is 2. The normalized spacial score (nSPS) is 16.3. The molecular weight excluding hydrogens is 408 g/mol. The first-order valence-corrected chi connectivity index (χ1v) is 10.4. The number of nitrogens with zero attached hydrogens (tertiary/aromatic N) is 5. The van der Waals surface area contributed by atoms with Gasteiger partial charge in [-0.25, -0.2) is 13.8 Å². The zero-order valence-corrected chi connectivity index (χ0v) is 16.8. The number of thiazole rings is 1. The van der Waals surface area contributed by atoms with E-state index in [0.29, 0.717) is 4.96 Å². The Kier molecular flexibility index (Phi) is 4.84. The van der Waals surface area contributed by atoms with Gasteiger partial charge in [0.1, 0.15) is 18.0 Å². The summed E-state index contributed by atoms with van der Waals surface area (Å²) in [7, 11) is 0. The number of anilines is 1. The molecule has 6 nitrogen and oxygen atoms in total. The van der Waals surface area contributed by atoms with Crippen molar-refractivity contribution in [2.75, 3.05) is 31.1 Å². The Balaban J connectivity index is 1.45. The van der Waals surface area contributed by atoms with Gasteiger partial charge in [0.2, 0.25) is 10.8 Å². The number of fused-ring (bicyclic) bond motifs is 1. The van der Waals surface area contributed by atoms with Crippen molar-refractivity contribution in [3.05, 3.63) is 76.9 Å². The van der Waals surface area contributed by atoms with E-state index in [-0.39, 0.29) is 23.6 Å². The summed E-state index contributed by atoms with van der Waals surface area (Å²) in [6.45, 7) is 2.97. The highest BCUT2D eigenvalue weighted by molar-refractivity contribution is 7.17. The van der Waals surface area contributed by atoms with Crippen LogP contribution in [0.3, 0.4) is 0 Å². The Hall–Kier alpha value is -3.04. The number of rotatable bonds is 4. The van der Waals surface area contributed by atoms with Crippen LogP contribution in [0.1, 0.15) is 16.5 Å². The van der Waals surface area contributed by atoms with Crippen LogP contribution in [0, 0.1) is 11.6 Å². The number of piperazine rings is 1. The Morgan fingerprint density at radius 1 is 0.900 bits per heavy atom. The fraction of sp³-hybridized carbons (Fsp3) is 0.238. The van der Waals surface area contributed by atoms with Crippen LogP contribution < -0.4 is 4.90 Å². The smallest absolute Gasteiger partial charge is 0.230 e. The van der Waals surface area contributed by atoms with Crippen molar-refractivity contribution in [1.82, 2.24) is 19.5 Å². The maximum absolute atomic E-state index is 13.5. The number of aromatic nitrogens is 3.